The maximum Gasteiger partial charge on any atom is 3.00 e. The summed E-state index contributed by atoms with van der Waals surface area (Å²) < 4.78 is 2.38. The molecule has 38 heavy (non-hydrogen) atoms. The van der Waals surface area contributed by atoms with E-state index in [1.54, 1.807) is 6.20 Å². The Kier molecular flexibility index (Phi) is 6.32. The number of rotatable bonds is 2. The minimum absolute atomic E-state index is 0. The predicted octanol–water partition coefficient (Wildman–Crippen LogP) is 7.53. The van der Waals surface area contributed by atoms with Gasteiger partial charge in [0, 0.05) is 28.0 Å². The second-order valence-corrected chi connectivity index (χ2v) is 9.15. The average Bonchev–Trinajstić information content (AvgIpc) is 3.65. The van der Waals surface area contributed by atoms with Gasteiger partial charge in [0.25, 0.3) is 0 Å². The number of fused-ring (bicyclic) bond motifs is 6. The smallest absolute Gasteiger partial charge is 0.510 e. The summed E-state index contributed by atoms with van der Waals surface area (Å²) >= 11 is 0. The molecule has 0 aliphatic carbocycles. The van der Waals surface area contributed by atoms with Crippen molar-refractivity contribution in [1.82, 2.24) is 14.3 Å². The van der Waals surface area contributed by atoms with Gasteiger partial charge in [-0.25, -0.2) is 0 Å². The summed E-state index contributed by atoms with van der Waals surface area (Å²) in [5, 5.41) is 5.21. The first-order chi connectivity index (χ1) is 18.3. The van der Waals surface area contributed by atoms with Crippen molar-refractivity contribution in [2.24, 2.45) is 0 Å². The first-order valence-corrected chi connectivity index (χ1v) is 12.3. The Labute approximate surface area is 235 Å². The fraction of sp³-hybridized carbons (Fsp3) is 0.0303. The number of para-hydroxylation sites is 2. The van der Waals surface area contributed by atoms with E-state index in [4.69, 9.17) is 0 Å². The number of hydrogen-bond donors (Lipinski definition) is 0. The van der Waals surface area contributed by atoms with Crippen molar-refractivity contribution in [2.45, 2.75) is 0 Å². The molecule has 184 valence electrons. The standard InChI is InChI=1S/C22H15N3.C11H8N.Ir/c1-23-11-12-24(14-23)15-9-10-21-19(13-15)18-7-4-6-17-16-5-2-3-8-20(16)25(21)22(17)18;1-2-6-10(7-3-1)11-8-4-5-9-12-11;/h2-8,10-14H,1H3;1-6,8-9H;/q-2;-1;+3. The van der Waals surface area contributed by atoms with Gasteiger partial charge < -0.3 is 19.2 Å². The number of nitrogens with zero attached hydrogens (tertiary/aromatic N) is 4. The largest absolute Gasteiger partial charge is 3.00 e. The quantitative estimate of drug-likeness (QED) is 0.178. The van der Waals surface area contributed by atoms with E-state index in [1.165, 1.54) is 38.1 Å². The second kappa shape index (κ2) is 9.94. The van der Waals surface area contributed by atoms with Crippen LogP contribution in [0.2, 0.25) is 0 Å². The van der Waals surface area contributed by atoms with Crippen LogP contribution in [0, 0.1) is 18.8 Å². The van der Waals surface area contributed by atoms with Crippen molar-refractivity contribution >= 4 is 43.8 Å². The fourth-order valence-electron chi connectivity index (χ4n) is 5.18. The summed E-state index contributed by atoms with van der Waals surface area (Å²) in [5.74, 6) is 0. The van der Waals surface area contributed by atoms with Crippen LogP contribution in [0.3, 0.4) is 0 Å². The van der Waals surface area contributed by atoms with E-state index in [-0.39, 0.29) is 20.1 Å². The number of pyridine rings is 1. The Morgan fingerprint density at radius 2 is 1.53 bits per heavy atom. The van der Waals surface area contributed by atoms with Crippen LogP contribution in [0.1, 0.15) is 0 Å². The molecular weight excluding hydrogens is 645 g/mol. The zero-order valence-electron chi connectivity index (χ0n) is 20.7. The van der Waals surface area contributed by atoms with Gasteiger partial charge >= 0.3 is 20.1 Å². The van der Waals surface area contributed by atoms with Crippen LogP contribution in [-0.4, -0.2) is 21.3 Å². The number of hydrogen-bond acceptors (Lipinski definition) is 3. The molecule has 0 bridgehead atoms. The topological polar surface area (TPSA) is 23.8 Å². The van der Waals surface area contributed by atoms with Gasteiger partial charge in [-0.2, -0.15) is 18.8 Å². The number of anilines is 1. The first-order valence-electron chi connectivity index (χ1n) is 12.3. The van der Waals surface area contributed by atoms with Crippen molar-refractivity contribution < 1.29 is 20.1 Å². The van der Waals surface area contributed by atoms with Gasteiger partial charge in [-0.05, 0) is 42.7 Å². The molecule has 0 unspecified atom stereocenters. The first kappa shape index (κ1) is 24.2. The average molecular weight is 668 g/mol. The van der Waals surface area contributed by atoms with Crippen LogP contribution in [0.15, 0.2) is 116 Å². The van der Waals surface area contributed by atoms with Crippen LogP contribution < -0.4 is 4.90 Å². The minimum Gasteiger partial charge on any atom is -0.510 e. The van der Waals surface area contributed by atoms with Gasteiger partial charge in [0.05, 0.1) is 0 Å². The van der Waals surface area contributed by atoms with Gasteiger partial charge in [0.15, 0.2) is 0 Å². The third-order valence-electron chi connectivity index (χ3n) is 6.84. The van der Waals surface area contributed by atoms with Crippen LogP contribution in [-0.2, 0) is 20.1 Å². The van der Waals surface area contributed by atoms with Crippen molar-refractivity contribution in [2.75, 3.05) is 11.9 Å². The van der Waals surface area contributed by atoms with Gasteiger partial charge in [0.1, 0.15) is 0 Å². The molecule has 1 aliphatic heterocycles. The van der Waals surface area contributed by atoms with E-state index in [1.807, 2.05) is 60.6 Å². The molecule has 0 spiro atoms. The van der Waals surface area contributed by atoms with Gasteiger partial charge in [0.2, 0.25) is 0 Å². The third kappa shape index (κ3) is 4.01. The summed E-state index contributed by atoms with van der Waals surface area (Å²) in [4.78, 5) is 8.36. The molecule has 4 aromatic carbocycles. The molecule has 4 heterocycles. The van der Waals surface area contributed by atoms with Crippen molar-refractivity contribution in [1.29, 1.82) is 0 Å². The van der Waals surface area contributed by atoms with E-state index in [9.17, 15) is 0 Å². The minimum atomic E-state index is 0. The monoisotopic (exact) mass is 668 g/mol. The van der Waals surface area contributed by atoms with Gasteiger partial charge in [-0.15, -0.1) is 53.0 Å². The van der Waals surface area contributed by atoms with E-state index >= 15 is 0 Å². The maximum absolute atomic E-state index is 4.22. The Bertz CT molecular complexity index is 1840. The molecule has 0 fully saturated rings. The van der Waals surface area contributed by atoms with Crippen molar-refractivity contribution in [3.8, 4) is 11.3 Å². The maximum atomic E-state index is 4.22. The van der Waals surface area contributed by atoms with Crippen LogP contribution in [0.25, 0.3) is 49.4 Å². The van der Waals surface area contributed by atoms with Crippen LogP contribution in [0.5, 0.6) is 0 Å². The normalized spacial score (nSPS) is 12.9. The van der Waals surface area contributed by atoms with E-state index in [2.05, 4.69) is 93.9 Å². The van der Waals surface area contributed by atoms with E-state index in [0.29, 0.717) is 0 Å². The molecule has 0 saturated heterocycles. The Morgan fingerprint density at radius 1 is 0.737 bits per heavy atom. The Balaban J connectivity index is 0.000000172. The van der Waals surface area contributed by atoms with Crippen molar-refractivity contribution in [3.63, 3.8) is 0 Å². The molecule has 4 nitrogen and oxygen atoms in total. The summed E-state index contributed by atoms with van der Waals surface area (Å²) in [7, 11) is 2.03. The van der Waals surface area contributed by atoms with Gasteiger partial charge in [-0.1, -0.05) is 54.0 Å². The summed E-state index contributed by atoms with van der Waals surface area (Å²) in [6.07, 6.45) is 5.89. The van der Waals surface area contributed by atoms with E-state index < -0.39 is 0 Å². The molecule has 8 rings (SSSR count). The predicted molar refractivity (Wildman–Crippen MR) is 152 cm³/mol. The zero-order chi connectivity index (χ0) is 24.8. The molecular formula is C33H23IrN4. The molecule has 0 atom stereocenters. The molecule has 7 aromatic rings. The summed E-state index contributed by atoms with van der Waals surface area (Å²) in [6, 6.07) is 39.9. The Hall–Kier alpha value is -4.18. The van der Waals surface area contributed by atoms with Crippen molar-refractivity contribution in [3.05, 3.63) is 134 Å². The van der Waals surface area contributed by atoms with Crippen LogP contribution >= 0.6 is 0 Å². The van der Waals surface area contributed by atoms with Gasteiger partial charge in [-0.3, -0.25) is 0 Å². The molecule has 0 radical (unpaired) electrons. The number of aromatic nitrogens is 2. The SMILES string of the molecule is CN1C=CN(c2[c-]cc3c(c2)c2cccc4c5ccccc5n3c24)[CH-]1.[Ir+3].[c-]1ccccc1-c1ccccn1. The molecule has 5 heteroatoms. The zero-order valence-corrected chi connectivity index (χ0v) is 23.1. The van der Waals surface area contributed by atoms with E-state index in [0.717, 1.165) is 16.9 Å². The Morgan fingerprint density at radius 3 is 2.29 bits per heavy atom. The van der Waals surface area contributed by atoms with Crippen LogP contribution in [0.4, 0.5) is 5.69 Å². The third-order valence-corrected chi connectivity index (χ3v) is 6.84. The molecule has 0 N–H and O–H groups in total. The fourth-order valence-corrected chi connectivity index (χ4v) is 5.18. The summed E-state index contributed by atoms with van der Waals surface area (Å²) in [6.45, 7) is 2.06. The molecule has 0 amide bonds. The summed E-state index contributed by atoms with van der Waals surface area (Å²) in [5.41, 5.74) is 6.86. The molecule has 1 aliphatic rings. The number of benzene rings is 4. The molecule has 3 aromatic heterocycles. The molecule has 0 saturated carbocycles. The second-order valence-electron chi connectivity index (χ2n) is 9.15.